The van der Waals surface area contributed by atoms with Crippen LogP contribution >= 0.6 is 0 Å². The van der Waals surface area contributed by atoms with Crippen LogP contribution in [0.3, 0.4) is 0 Å². The van der Waals surface area contributed by atoms with E-state index >= 15 is 0 Å². The molecule has 2 N–H and O–H groups in total. The van der Waals surface area contributed by atoms with E-state index in [0.717, 1.165) is 67.5 Å². The van der Waals surface area contributed by atoms with E-state index in [-0.39, 0.29) is 12.3 Å². The number of carbonyl (C=O) groups is 1. The van der Waals surface area contributed by atoms with Gasteiger partial charge < -0.3 is 19.8 Å². The summed E-state index contributed by atoms with van der Waals surface area (Å²) >= 11 is 0. The van der Waals surface area contributed by atoms with Gasteiger partial charge in [0.2, 0.25) is 0 Å². The predicted molar refractivity (Wildman–Crippen MR) is 142 cm³/mol. The number of likely N-dealkylation sites (tertiary alicyclic amines) is 1. The fourth-order valence-corrected chi connectivity index (χ4v) is 5.67. The van der Waals surface area contributed by atoms with Gasteiger partial charge in [0.25, 0.3) is 0 Å². The van der Waals surface area contributed by atoms with Crippen LogP contribution in [0.25, 0.3) is 10.9 Å². The highest BCUT2D eigenvalue weighted by Gasteiger charge is 2.31. The van der Waals surface area contributed by atoms with Crippen LogP contribution < -0.4 is 4.74 Å². The van der Waals surface area contributed by atoms with E-state index in [1.807, 2.05) is 24.3 Å². The van der Waals surface area contributed by atoms with E-state index in [9.17, 15) is 15.0 Å². The van der Waals surface area contributed by atoms with Crippen LogP contribution in [0.4, 0.5) is 0 Å². The first-order valence-corrected chi connectivity index (χ1v) is 13.0. The van der Waals surface area contributed by atoms with E-state index in [4.69, 9.17) is 4.74 Å². The number of rotatable bonds is 11. The molecule has 192 valence electrons. The molecule has 1 aliphatic rings. The van der Waals surface area contributed by atoms with Crippen LogP contribution in [-0.2, 0) is 11.2 Å². The molecule has 2 heterocycles. The molecule has 0 amide bonds. The molecule has 6 heteroatoms. The zero-order valence-electron chi connectivity index (χ0n) is 21.4. The second-order valence-electron chi connectivity index (χ2n) is 10.1. The van der Waals surface area contributed by atoms with Crippen molar-refractivity contribution in [3.63, 3.8) is 0 Å². The number of hydrogen-bond acceptors (Lipinski definition) is 5. The molecule has 3 aromatic rings. The standard InChI is InChI=1S/C30H38N2O4/c1-21-6-3-4-7-22(21)8-5-16-32-17-14-23(24(20-32)18-30(34)35)9-12-29(33)26-13-15-31-28-11-10-25(36-2)19-27(26)28/h3-4,6-7,10-11,13,15,19,23-24,29,33H,5,8-9,12,14,16-18,20H2,1-2H3,(H,34,35)/t23-,24+,29?/m1/s1. The molecule has 4 rings (SSSR count). The van der Waals surface area contributed by atoms with Crippen LogP contribution in [0.1, 0.15) is 54.9 Å². The Labute approximate surface area is 213 Å². The number of aryl methyl sites for hydroxylation is 2. The highest BCUT2D eigenvalue weighted by atomic mass is 16.5. The molecule has 0 aliphatic carbocycles. The maximum Gasteiger partial charge on any atom is 0.303 e. The zero-order chi connectivity index (χ0) is 25.5. The number of aliphatic carboxylic acids is 1. The van der Waals surface area contributed by atoms with Gasteiger partial charge in [-0.1, -0.05) is 24.3 Å². The molecule has 1 aromatic heterocycles. The summed E-state index contributed by atoms with van der Waals surface area (Å²) < 4.78 is 5.36. The fraction of sp³-hybridized carbons (Fsp3) is 0.467. The quantitative estimate of drug-likeness (QED) is 0.374. The van der Waals surface area contributed by atoms with Crippen molar-refractivity contribution in [2.75, 3.05) is 26.7 Å². The number of ether oxygens (including phenoxy) is 1. The molecular formula is C30H38N2O4. The molecule has 6 nitrogen and oxygen atoms in total. The normalized spacial score (nSPS) is 19.3. The van der Waals surface area contributed by atoms with Crippen LogP contribution in [0.15, 0.2) is 54.7 Å². The van der Waals surface area contributed by atoms with Gasteiger partial charge in [-0.05, 0) is 105 Å². The summed E-state index contributed by atoms with van der Waals surface area (Å²) in [4.78, 5) is 18.5. The highest BCUT2D eigenvalue weighted by Crippen LogP contribution is 2.35. The van der Waals surface area contributed by atoms with Gasteiger partial charge in [-0.15, -0.1) is 0 Å². The van der Waals surface area contributed by atoms with Crippen molar-refractivity contribution < 1.29 is 19.7 Å². The third-order valence-corrected chi connectivity index (χ3v) is 7.75. The maximum atomic E-state index is 11.6. The molecule has 1 fully saturated rings. The topological polar surface area (TPSA) is 82.9 Å². The smallest absolute Gasteiger partial charge is 0.303 e. The molecule has 36 heavy (non-hydrogen) atoms. The number of aliphatic hydroxyl groups excluding tert-OH is 1. The van der Waals surface area contributed by atoms with Crippen LogP contribution in [0.5, 0.6) is 5.75 Å². The summed E-state index contributed by atoms with van der Waals surface area (Å²) in [5.41, 5.74) is 4.40. The Morgan fingerprint density at radius 1 is 1.19 bits per heavy atom. The average Bonchev–Trinajstić information content (AvgIpc) is 2.88. The first-order chi connectivity index (χ1) is 17.4. The van der Waals surface area contributed by atoms with Gasteiger partial charge in [-0.3, -0.25) is 9.78 Å². The van der Waals surface area contributed by atoms with Gasteiger partial charge in [-0.25, -0.2) is 0 Å². The number of piperidine rings is 1. The van der Waals surface area contributed by atoms with Crippen molar-refractivity contribution in [3.8, 4) is 5.75 Å². The van der Waals surface area contributed by atoms with Crippen molar-refractivity contribution >= 4 is 16.9 Å². The van der Waals surface area contributed by atoms with Gasteiger partial charge in [0.1, 0.15) is 5.75 Å². The average molecular weight is 491 g/mol. The number of pyridine rings is 1. The first-order valence-electron chi connectivity index (χ1n) is 13.0. The minimum atomic E-state index is -0.737. The number of carboxylic acids is 1. The van der Waals surface area contributed by atoms with E-state index in [1.54, 1.807) is 13.3 Å². The molecular weight excluding hydrogens is 452 g/mol. The van der Waals surface area contributed by atoms with E-state index in [2.05, 4.69) is 41.1 Å². The molecule has 2 aromatic carbocycles. The van der Waals surface area contributed by atoms with Gasteiger partial charge in [0.05, 0.1) is 18.7 Å². The molecule has 0 radical (unpaired) electrons. The number of carboxylic acid groups (broad SMARTS) is 1. The summed E-state index contributed by atoms with van der Waals surface area (Å²) in [5, 5.41) is 21.5. The van der Waals surface area contributed by atoms with Crippen molar-refractivity contribution in [2.24, 2.45) is 11.8 Å². The maximum absolute atomic E-state index is 11.6. The number of benzene rings is 2. The summed E-state index contributed by atoms with van der Waals surface area (Å²) in [7, 11) is 1.63. The Morgan fingerprint density at radius 2 is 2.03 bits per heavy atom. The van der Waals surface area contributed by atoms with Crippen molar-refractivity contribution in [1.82, 2.24) is 9.88 Å². The van der Waals surface area contributed by atoms with E-state index < -0.39 is 12.1 Å². The summed E-state index contributed by atoms with van der Waals surface area (Å²) in [6.45, 7) is 4.95. The zero-order valence-corrected chi connectivity index (χ0v) is 21.4. The second-order valence-corrected chi connectivity index (χ2v) is 10.1. The minimum Gasteiger partial charge on any atom is -0.497 e. The summed E-state index contributed by atoms with van der Waals surface area (Å²) in [6, 6.07) is 16.1. The lowest BCUT2D eigenvalue weighted by molar-refractivity contribution is -0.139. The predicted octanol–water partition coefficient (Wildman–Crippen LogP) is 5.41. The Hall–Kier alpha value is -2.96. The molecule has 1 unspecified atom stereocenters. The Kier molecular flexibility index (Phi) is 8.94. The second kappa shape index (κ2) is 12.3. The summed E-state index contributed by atoms with van der Waals surface area (Å²) in [5.74, 6) is 0.405. The van der Waals surface area contributed by atoms with E-state index in [1.165, 1.54) is 11.1 Å². The Morgan fingerprint density at radius 3 is 2.81 bits per heavy atom. The summed E-state index contributed by atoms with van der Waals surface area (Å²) in [6.07, 6.45) is 5.80. The molecule has 0 bridgehead atoms. The van der Waals surface area contributed by atoms with Crippen LogP contribution in [-0.4, -0.2) is 52.8 Å². The van der Waals surface area contributed by atoms with Crippen molar-refractivity contribution in [2.45, 2.75) is 51.6 Å². The molecule has 1 saturated heterocycles. The molecule has 3 atom stereocenters. The number of aliphatic hydroxyl groups is 1. The van der Waals surface area contributed by atoms with Crippen LogP contribution in [0, 0.1) is 18.8 Å². The number of methoxy groups -OCH3 is 1. The number of fused-ring (bicyclic) bond motifs is 1. The first kappa shape index (κ1) is 26.1. The van der Waals surface area contributed by atoms with Crippen molar-refractivity contribution in [1.29, 1.82) is 0 Å². The van der Waals surface area contributed by atoms with E-state index in [0.29, 0.717) is 12.3 Å². The molecule has 1 aliphatic heterocycles. The largest absolute Gasteiger partial charge is 0.497 e. The third-order valence-electron chi connectivity index (χ3n) is 7.75. The Balaban J connectivity index is 1.35. The lowest BCUT2D eigenvalue weighted by atomic mass is 9.79. The highest BCUT2D eigenvalue weighted by molar-refractivity contribution is 5.83. The van der Waals surface area contributed by atoms with Gasteiger partial charge in [-0.2, -0.15) is 0 Å². The lowest BCUT2D eigenvalue weighted by Gasteiger charge is -2.38. The number of nitrogens with zero attached hydrogens (tertiary/aromatic N) is 2. The minimum absolute atomic E-state index is 0.108. The number of hydrogen-bond donors (Lipinski definition) is 2. The fourth-order valence-electron chi connectivity index (χ4n) is 5.67. The molecule has 0 spiro atoms. The lowest BCUT2D eigenvalue weighted by Crippen LogP contribution is -2.42. The van der Waals surface area contributed by atoms with Crippen molar-refractivity contribution in [3.05, 3.63) is 71.4 Å². The van der Waals surface area contributed by atoms with Gasteiger partial charge in [0.15, 0.2) is 0 Å². The van der Waals surface area contributed by atoms with Gasteiger partial charge in [0, 0.05) is 24.5 Å². The molecule has 0 saturated carbocycles. The SMILES string of the molecule is COc1ccc2nccc(C(O)CC[C@@H]3CCN(CCCc4ccccc4C)C[C@@H]3CC(=O)O)c2c1. The monoisotopic (exact) mass is 490 g/mol. The Bertz CT molecular complexity index is 1160. The number of aromatic nitrogens is 1. The van der Waals surface area contributed by atoms with Gasteiger partial charge >= 0.3 is 5.97 Å². The third kappa shape index (κ3) is 6.62. The van der Waals surface area contributed by atoms with Crippen LogP contribution in [0.2, 0.25) is 0 Å².